The number of ether oxygens (including phenoxy) is 1. The molecule has 44 heavy (non-hydrogen) atoms. The van der Waals surface area contributed by atoms with Crippen LogP contribution in [0.25, 0.3) is 10.9 Å². The Balaban J connectivity index is 1.31. The van der Waals surface area contributed by atoms with Crippen LogP contribution in [0.3, 0.4) is 0 Å². The lowest BCUT2D eigenvalue weighted by molar-refractivity contribution is -0.145. The van der Waals surface area contributed by atoms with Crippen molar-refractivity contribution in [3.8, 4) is 0 Å². The Morgan fingerprint density at radius 1 is 0.818 bits per heavy atom. The summed E-state index contributed by atoms with van der Waals surface area (Å²) in [5, 5.41) is 9.55. The first-order chi connectivity index (χ1) is 21.2. The molecule has 4 N–H and O–H groups in total. The van der Waals surface area contributed by atoms with Crippen molar-refractivity contribution < 1.29 is 23.9 Å². The Hall–Kier alpha value is -4.19. The lowest BCUT2D eigenvalue weighted by Gasteiger charge is -2.18. The zero-order chi connectivity index (χ0) is 31.5. The maximum atomic E-state index is 13.0. The monoisotopic (exact) mass is 708 g/mol. The van der Waals surface area contributed by atoms with E-state index in [4.69, 9.17) is 4.74 Å². The van der Waals surface area contributed by atoms with Crippen LogP contribution in [-0.2, 0) is 49.6 Å². The molecular formula is C34H37IN4O5. The van der Waals surface area contributed by atoms with Gasteiger partial charge in [0.05, 0.1) is 7.11 Å². The fourth-order valence-corrected chi connectivity index (χ4v) is 5.53. The number of aromatic amines is 1. The van der Waals surface area contributed by atoms with Crippen LogP contribution < -0.4 is 16.0 Å². The minimum atomic E-state index is -0.812. The van der Waals surface area contributed by atoms with E-state index in [1.54, 1.807) is 0 Å². The summed E-state index contributed by atoms with van der Waals surface area (Å²) < 4.78 is 6.07. The number of H-pyrrole nitrogens is 1. The zero-order valence-electron chi connectivity index (χ0n) is 24.8. The summed E-state index contributed by atoms with van der Waals surface area (Å²) in [6, 6.07) is 21.9. The Bertz CT molecular complexity index is 1600. The van der Waals surface area contributed by atoms with Gasteiger partial charge in [0.2, 0.25) is 17.7 Å². The normalized spacial score (nSPS) is 12.2. The molecular weight excluding hydrogens is 671 g/mol. The average molecular weight is 709 g/mol. The number of esters is 1. The molecule has 1 heterocycles. The maximum absolute atomic E-state index is 13.0. The molecule has 0 saturated heterocycles. The fourth-order valence-electron chi connectivity index (χ4n) is 5.17. The smallest absolute Gasteiger partial charge is 0.328 e. The molecule has 0 saturated carbocycles. The van der Waals surface area contributed by atoms with Gasteiger partial charge in [-0.3, -0.25) is 14.4 Å². The van der Waals surface area contributed by atoms with Gasteiger partial charge in [-0.05, 0) is 75.9 Å². The van der Waals surface area contributed by atoms with Gasteiger partial charge in [0.1, 0.15) is 12.1 Å². The molecule has 0 unspecified atom stereocenters. The number of carbonyl (C=O) groups excluding carboxylic acids is 4. The van der Waals surface area contributed by atoms with Gasteiger partial charge in [-0.1, -0.05) is 54.6 Å². The molecule has 3 amide bonds. The van der Waals surface area contributed by atoms with Crippen molar-refractivity contribution in [3.05, 3.63) is 105 Å². The number of para-hydroxylation sites is 1. The topological polar surface area (TPSA) is 129 Å². The largest absolute Gasteiger partial charge is 0.467 e. The number of fused-ring (bicyclic) bond motifs is 1. The summed E-state index contributed by atoms with van der Waals surface area (Å²) in [4.78, 5) is 53.5. The van der Waals surface area contributed by atoms with E-state index < -0.39 is 18.1 Å². The number of hydrogen-bond donors (Lipinski definition) is 4. The molecule has 1 aromatic heterocycles. The minimum absolute atomic E-state index is 0.186. The maximum Gasteiger partial charge on any atom is 0.328 e. The Morgan fingerprint density at radius 3 is 2.20 bits per heavy atom. The predicted octanol–water partition coefficient (Wildman–Crippen LogP) is 4.01. The summed E-state index contributed by atoms with van der Waals surface area (Å²) in [6.45, 7) is 1.77. The van der Waals surface area contributed by atoms with Gasteiger partial charge in [-0.25, -0.2) is 4.79 Å². The number of aromatic nitrogens is 1. The van der Waals surface area contributed by atoms with Crippen LogP contribution in [0.2, 0.25) is 0 Å². The molecule has 10 heteroatoms. The third kappa shape index (κ3) is 9.40. The van der Waals surface area contributed by atoms with Gasteiger partial charge in [-0.15, -0.1) is 0 Å². The second-order valence-corrected chi connectivity index (χ2v) is 11.8. The number of halogens is 1. The number of rotatable bonds is 14. The minimum Gasteiger partial charge on any atom is -0.467 e. The predicted molar refractivity (Wildman–Crippen MR) is 178 cm³/mol. The summed E-state index contributed by atoms with van der Waals surface area (Å²) in [5.41, 5.74) is 4.83. The van der Waals surface area contributed by atoms with E-state index in [2.05, 4.69) is 43.5 Å². The standard InChI is InChI=1S/C34H37IN4O5/c1-22(40)38-30(19-23-11-14-27(35)15-12-23)33(42)36-18-17-25-8-4-3-7-24(25)13-16-32(41)39-31(34(43)44-2)20-26-21-37-29-10-6-5-9-28(26)29/h3-12,14-15,21,30-31,37H,13,16-20H2,1-2H3,(H,36,42)(H,38,40)(H,39,41)/t30-,31-/m0/s1. The molecule has 0 fully saturated rings. The van der Waals surface area contributed by atoms with Crippen LogP contribution in [0.1, 0.15) is 35.6 Å². The van der Waals surface area contributed by atoms with Crippen molar-refractivity contribution >= 4 is 57.2 Å². The molecule has 0 aliphatic heterocycles. The molecule has 0 aliphatic carbocycles. The Morgan fingerprint density at radius 2 is 1.50 bits per heavy atom. The van der Waals surface area contributed by atoms with E-state index in [1.807, 2.05) is 79.0 Å². The van der Waals surface area contributed by atoms with Crippen LogP contribution in [-0.4, -0.2) is 54.4 Å². The molecule has 2 atom stereocenters. The first-order valence-electron chi connectivity index (χ1n) is 14.5. The van der Waals surface area contributed by atoms with E-state index in [9.17, 15) is 19.2 Å². The summed E-state index contributed by atoms with van der Waals surface area (Å²) in [6.07, 6.45) is 3.76. The number of benzene rings is 3. The Labute approximate surface area is 270 Å². The van der Waals surface area contributed by atoms with Crippen molar-refractivity contribution in [2.24, 2.45) is 0 Å². The molecule has 0 spiro atoms. The van der Waals surface area contributed by atoms with Crippen molar-refractivity contribution in [2.45, 2.75) is 51.1 Å². The van der Waals surface area contributed by atoms with Gasteiger partial charge in [-0.2, -0.15) is 0 Å². The van der Waals surface area contributed by atoms with Crippen LogP contribution in [0.15, 0.2) is 79.0 Å². The number of aryl methyl sites for hydroxylation is 1. The quantitative estimate of drug-likeness (QED) is 0.116. The highest BCUT2D eigenvalue weighted by Gasteiger charge is 2.24. The molecule has 0 aliphatic rings. The van der Waals surface area contributed by atoms with E-state index in [0.717, 1.165) is 36.7 Å². The number of carbonyl (C=O) groups is 4. The number of methoxy groups -OCH3 is 1. The molecule has 230 valence electrons. The molecule has 0 radical (unpaired) electrons. The van der Waals surface area contributed by atoms with Gasteiger partial charge in [0, 0.05) is 53.4 Å². The van der Waals surface area contributed by atoms with Crippen LogP contribution >= 0.6 is 22.6 Å². The lowest BCUT2D eigenvalue weighted by Crippen LogP contribution is -2.47. The Kier molecular flexibility index (Phi) is 11.9. The van der Waals surface area contributed by atoms with E-state index in [-0.39, 0.29) is 24.1 Å². The van der Waals surface area contributed by atoms with Crippen LogP contribution in [0, 0.1) is 3.57 Å². The second-order valence-electron chi connectivity index (χ2n) is 10.6. The number of amides is 3. The molecule has 4 rings (SSSR count). The van der Waals surface area contributed by atoms with E-state index >= 15 is 0 Å². The van der Waals surface area contributed by atoms with Crippen molar-refractivity contribution in [3.63, 3.8) is 0 Å². The van der Waals surface area contributed by atoms with E-state index in [1.165, 1.54) is 14.0 Å². The molecule has 3 aromatic carbocycles. The average Bonchev–Trinajstić information content (AvgIpc) is 3.43. The van der Waals surface area contributed by atoms with Crippen LogP contribution in [0.4, 0.5) is 0 Å². The first kappa shape index (κ1) is 32.7. The summed E-state index contributed by atoms with van der Waals surface area (Å²) in [7, 11) is 1.31. The number of hydrogen-bond acceptors (Lipinski definition) is 5. The first-order valence-corrected chi connectivity index (χ1v) is 15.6. The van der Waals surface area contributed by atoms with Gasteiger partial charge in [0.25, 0.3) is 0 Å². The van der Waals surface area contributed by atoms with E-state index in [0.29, 0.717) is 32.2 Å². The third-order valence-electron chi connectivity index (χ3n) is 7.40. The van der Waals surface area contributed by atoms with Gasteiger partial charge >= 0.3 is 5.97 Å². The zero-order valence-corrected chi connectivity index (χ0v) is 27.0. The summed E-state index contributed by atoms with van der Waals surface area (Å²) in [5.74, 6) is -1.27. The SMILES string of the molecule is COC(=O)[C@H](Cc1c[nH]c2ccccc12)NC(=O)CCc1ccccc1CCNC(=O)[C@H](Cc1ccc(I)cc1)NC(C)=O. The van der Waals surface area contributed by atoms with Crippen molar-refractivity contribution in [2.75, 3.05) is 13.7 Å². The lowest BCUT2D eigenvalue weighted by atomic mass is 9.99. The molecule has 4 aromatic rings. The highest BCUT2D eigenvalue weighted by Crippen LogP contribution is 2.20. The van der Waals surface area contributed by atoms with Gasteiger partial charge < -0.3 is 25.7 Å². The van der Waals surface area contributed by atoms with Crippen LogP contribution in [0.5, 0.6) is 0 Å². The molecule has 9 nitrogen and oxygen atoms in total. The second kappa shape index (κ2) is 16.0. The number of nitrogens with one attached hydrogen (secondary N) is 4. The van der Waals surface area contributed by atoms with Crippen molar-refractivity contribution in [1.29, 1.82) is 0 Å². The fraction of sp³-hybridized carbons (Fsp3) is 0.294. The molecule has 0 bridgehead atoms. The van der Waals surface area contributed by atoms with Crippen molar-refractivity contribution in [1.82, 2.24) is 20.9 Å². The van der Waals surface area contributed by atoms with Gasteiger partial charge in [0.15, 0.2) is 0 Å². The summed E-state index contributed by atoms with van der Waals surface area (Å²) >= 11 is 2.22. The highest BCUT2D eigenvalue weighted by molar-refractivity contribution is 14.1. The highest BCUT2D eigenvalue weighted by atomic mass is 127. The third-order valence-corrected chi connectivity index (χ3v) is 8.12.